The van der Waals surface area contributed by atoms with Gasteiger partial charge in [0.15, 0.2) is 0 Å². The van der Waals surface area contributed by atoms with E-state index >= 15 is 0 Å². The quantitative estimate of drug-likeness (QED) is 0.665. The summed E-state index contributed by atoms with van der Waals surface area (Å²) in [5.41, 5.74) is -0.182. The van der Waals surface area contributed by atoms with Crippen molar-refractivity contribution < 1.29 is 9.53 Å². The Balaban J connectivity index is 1.71. The predicted octanol–water partition coefficient (Wildman–Crippen LogP) is -0.109. The average Bonchev–Trinajstić information content (AvgIpc) is 2.62. The molecule has 80 valence electrons. The highest BCUT2D eigenvalue weighted by Crippen LogP contribution is 2.21. The van der Waals surface area contributed by atoms with Crippen molar-refractivity contribution in [1.29, 1.82) is 0 Å². The van der Waals surface area contributed by atoms with E-state index in [2.05, 4.69) is 10.6 Å². The second-order valence-corrected chi connectivity index (χ2v) is 4.51. The van der Waals surface area contributed by atoms with Gasteiger partial charge >= 0.3 is 0 Å². The highest BCUT2D eigenvalue weighted by molar-refractivity contribution is 5.83. The fourth-order valence-electron chi connectivity index (χ4n) is 1.89. The van der Waals surface area contributed by atoms with Crippen molar-refractivity contribution in [3.8, 4) is 0 Å². The van der Waals surface area contributed by atoms with Gasteiger partial charge in [-0.3, -0.25) is 4.79 Å². The molecule has 0 aromatic heterocycles. The van der Waals surface area contributed by atoms with E-state index in [1.807, 2.05) is 6.92 Å². The normalized spacial score (nSPS) is 29.6. The Morgan fingerprint density at radius 2 is 2.43 bits per heavy atom. The number of hydrogen-bond acceptors (Lipinski definition) is 3. The molecule has 4 heteroatoms. The van der Waals surface area contributed by atoms with Crippen LogP contribution in [0.1, 0.15) is 19.8 Å². The Hall–Kier alpha value is -0.610. The minimum atomic E-state index is -0.182. The van der Waals surface area contributed by atoms with Crippen LogP contribution in [-0.2, 0) is 9.53 Å². The standard InChI is InChI=1S/C10H18N2O2/c1-10(6-11-7-10)9(13)12-5-8-3-2-4-14-8/h8,11H,2-7H2,1H3,(H,12,13). The van der Waals surface area contributed by atoms with E-state index in [0.29, 0.717) is 6.54 Å². The first-order chi connectivity index (χ1) is 6.71. The van der Waals surface area contributed by atoms with E-state index in [1.54, 1.807) is 0 Å². The Labute approximate surface area is 84.4 Å². The summed E-state index contributed by atoms with van der Waals surface area (Å²) < 4.78 is 5.44. The van der Waals surface area contributed by atoms with Gasteiger partial charge in [-0.1, -0.05) is 0 Å². The molecule has 2 fully saturated rings. The first-order valence-corrected chi connectivity index (χ1v) is 5.31. The lowest BCUT2D eigenvalue weighted by Gasteiger charge is -2.37. The monoisotopic (exact) mass is 198 g/mol. The van der Waals surface area contributed by atoms with Gasteiger partial charge in [-0.05, 0) is 19.8 Å². The van der Waals surface area contributed by atoms with Crippen LogP contribution in [0.25, 0.3) is 0 Å². The highest BCUT2D eigenvalue weighted by Gasteiger charge is 2.39. The largest absolute Gasteiger partial charge is 0.376 e. The third kappa shape index (κ3) is 1.91. The smallest absolute Gasteiger partial charge is 0.228 e. The molecular weight excluding hydrogens is 180 g/mol. The molecule has 2 aliphatic heterocycles. The lowest BCUT2D eigenvalue weighted by Crippen LogP contribution is -2.60. The molecule has 1 amide bonds. The molecule has 0 saturated carbocycles. The van der Waals surface area contributed by atoms with Crippen molar-refractivity contribution in [2.45, 2.75) is 25.9 Å². The summed E-state index contributed by atoms with van der Waals surface area (Å²) >= 11 is 0. The van der Waals surface area contributed by atoms with Crippen LogP contribution in [-0.4, -0.2) is 38.3 Å². The van der Waals surface area contributed by atoms with E-state index < -0.39 is 0 Å². The maximum Gasteiger partial charge on any atom is 0.228 e. The molecule has 2 aliphatic rings. The summed E-state index contributed by atoms with van der Waals surface area (Å²) in [6.07, 6.45) is 2.45. The molecule has 0 aromatic rings. The van der Waals surface area contributed by atoms with Crippen LogP contribution in [0.2, 0.25) is 0 Å². The molecule has 0 radical (unpaired) electrons. The molecule has 0 aliphatic carbocycles. The van der Waals surface area contributed by atoms with Gasteiger partial charge in [0.1, 0.15) is 0 Å². The first-order valence-electron chi connectivity index (χ1n) is 5.31. The van der Waals surface area contributed by atoms with Crippen LogP contribution >= 0.6 is 0 Å². The van der Waals surface area contributed by atoms with Crippen molar-refractivity contribution in [3.63, 3.8) is 0 Å². The van der Waals surface area contributed by atoms with Gasteiger partial charge in [0.2, 0.25) is 5.91 Å². The van der Waals surface area contributed by atoms with Crippen molar-refractivity contribution in [3.05, 3.63) is 0 Å². The van der Waals surface area contributed by atoms with Gasteiger partial charge in [0, 0.05) is 26.2 Å². The van der Waals surface area contributed by atoms with Crippen LogP contribution in [0, 0.1) is 5.41 Å². The van der Waals surface area contributed by atoms with Gasteiger partial charge in [-0.15, -0.1) is 0 Å². The molecule has 1 unspecified atom stereocenters. The van der Waals surface area contributed by atoms with E-state index in [4.69, 9.17) is 4.74 Å². The Bertz CT molecular complexity index is 220. The third-order valence-electron chi connectivity index (χ3n) is 3.09. The molecule has 2 saturated heterocycles. The molecular formula is C10H18N2O2. The van der Waals surface area contributed by atoms with E-state index in [-0.39, 0.29) is 17.4 Å². The molecule has 4 nitrogen and oxygen atoms in total. The summed E-state index contributed by atoms with van der Waals surface area (Å²) in [6, 6.07) is 0. The van der Waals surface area contributed by atoms with Gasteiger partial charge in [0.05, 0.1) is 11.5 Å². The number of carbonyl (C=O) groups is 1. The number of carbonyl (C=O) groups excluding carboxylic acids is 1. The fourth-order valence-corrected chi connectivity index (χ4v) is 1.89. The van der Waals surface area contributed by atoms with Crippen molar-refractivity contribution in [2.75, 3.05) is 26.2 Å². The number of nitrogens with one attached hydrogen (secondary N) is 2. The maximum absolute atomic E-state index is 11.7. The second kappa shape index (κ2) is 3.87. The van der Waals surface area contributed by atoms with Gasteiger partial charge in [0.25, 0.3) is 0 Å². The molecule has 2 N–H and O–H groups in total. The summed E-state index contributed by atoms with van der Waals surface area (Å²) in [4.78, 5) is 11.7. The topological polar surface area (TPSA) is 50.4 Å². The summed E-state index contributed by atoms with van der Waals surface area (Å²) in [5, 5.41) is 6.08. The highest BCUT2D eigenvalue weighted by atomic mass is 16.5. The van der Waals surface area contributed by atoms with Gasteiger partial charge in [-0.25, -0.2) is 0 Å². The molecule has 1 atom stereocenters. The number of hydrogen-bond donors (Lipinski definition) is 2. The Morgan fingerprint density at radius 1 is 1.64 bits per heavy atom. The molecule has 0 bridgehead atoms. The zero-order chi connectivity index (χ0) is 10.0. The molecule has 2 heterocycles. The molecule has 0 aromatic carbocycles. The van der Waals surface area contributed by atoms with Gasteiger partial charge in [-0.2, -0.15) is 0 Å². The molecule has 2 rings (SSSR count). The second-order valence-electron chi connectivity index (χ2n) is 4.51. The van der Waals surface area contributed by atoms with E-state index in [9.17, 15) is 4.79 Å². The molecule has 0 spiro atoms. The number of amides is 1. The van der Waals surface area contributed by atoms with Crippen LogP contribution in [0.15, 0.2) is 0 Å². The average molecular weight is 198 g/mol. The lowest BCUT2D eigenvalue weighted by molar-refractivity contribution is -0.133. The van der Waals surface area contributed by atoms with Crippen molar-refractivity contribution in [1.82, 2.24) is 10.6 Å². The summed E-state index contributed by atoms with van der Waals surface area (Å²) in [7, 11) is 0. The van der Waals surface area contributed by atoms with Gasteiger partial charge < -0.3 is 15.4 Å². The zero-order valence-electron chi connectivity index (χ0n) is 8.64. The summed E-state index contributed by atoms with van der Waals surface area (Å²) in [6.45, 7) is 5.11. The number of ether oxygens (including phenoxy) is 1. The zero-order valence-corrected chi connectivity index (χ0v) is 8.64. The fraction of sp³-hybridized carbons (Fsp3) is 0.900. The summed E-state index contributed by atoms with van der Waals surface area (Å²) in [5.74, 6) is 0.159. The minimum absolute atomic E-state index is 0.159. The van der Waals surface area contributed by atoms with E-state index in [1.165, 1.54) is 0 Å². The lowest BCUT2D eigenvalue weighted by atomic mass is 9.83. The van der Waals surface area contributed by atoms with E-state index in [0.717, 1.165) is 32.5 Å². The minimum Gasteiger partial charge on any atom is -0.376 e. The first kappa shape index (κ1) is 9.93. The van der Waals surface area contributed by atoms with Crippen LogP contribution in [0.3, 0.4) is 0 Å². The molecule has 14 heavy (non-hydrogen) atoms. The van der Waals surface area contributed by atoms with Crippen LogP contribution < -0.4 is 10.6 Å². The maximum atomic E-state index is 11.7. The third-order valence-corrected chi connectivity index (χ3v) is 3.09. The van der Waals surface area contributed by atoms with Crippen LogP contribution in [0.5, 0.6) is 0 Å². The van der Waals surface area contributed by atoms with Crippen LogP contribution in [0.4, 0.5) is 0 Å². The number of rotatable bonds is 3. The SMILES string of the molecule is CC1(C(=O)NCC2CCCO2)CNC1. The Kier molecular flexibility index (Phi) is 2.74. The Morgan fingerprint density at radius 3 is 2.93 bits per heavy atom. The predicted molar refractivity (Wildman–Crippen MR) is 53.0 cm³/mol. The van der Waals surface area contributed by atoms with Crippen molar-refractivity contribution >= 4 is 5.91 Å². The van der Waals surface area contributed by atoms with Crippen molar-refractivity contribution in [2.24, 2.45) is 5.41 Å².